The van der Waals surface area contributed by atoms with Gasteiger partial charge in [-0.05, 0) is 221 Å². The van der Waals surface area contributed by atoms with Crippen LogP contribution in [0, 0.1) is 0 Å². The second-order valence-corrected chi connectivity index (χ2v) is 30.5. The van der Waals surface area contributed by atoms with Crippen LogP contribution in [0.4, 0.5) is 22.7 Å². The van der Waals surface area contributed by atoms with Gasteiger partial charge >= 0.3 is 0 Å². The molecule has 0 aliphatic heterocycles. The molecule has 15 aromatic rings. The first kappa shape index (κ1) is 84.7. The number of aromatic nitrogens is 3. The number of rotatable bonds is 34. The first-order valence-electron chi connectivity index (χ1n) is 41.7. The topological polar surface area (TPSA) is 423 Å². The number of nitrogen functional groups attached to an aromatic ring is 2. The molecule has 22 heteroatoms. The van der Waals surface area contributed by atoms with Gasteiger partial charge < -0.3 is 104 Å². The maximum absolute atomic E-state index is 6.02. The van der Waals surface area contributed by atoms with Gasteiger partial charge in [-0.1, -0.05) is 170 Å². The minimum absolute atomic E-state index is 0.114. The van der Waals surface area contributed by atoms with E-state index >= 15 is 0 Å². The molecular formula is C98H116N22. The lowest BCUT2D eigenvalue weighted by atomic mass is 9.98. The van der Waals surface area contributed by atoms with E-state index in [4.69, 9.17) is 80.3 Å². The minimum Gasteiger partial charge on any atom is -0.399 e. The van der Waals surface area contributed by atoms with E-state index in [1.807, 2.05) is 36.4 Å². The Hall–Kier alpha value is -13.2. The van der Waals surface area contributed by atoms with Crippen molar-refractivity contribution in [2.24, 2.45) is 83.8 Å². The molecule has 22 nitrogen and oxygen atoms in total. The number of fused-ring (bicyclic) bond motifs is 9. The third kappa shape index (κ3) is 20.7. The lowest BCUT2D eigenvalue weighted by Gasteiger charge is -2.24. The summed E-state index contributed by atoms with van der Waals surface area (Å²) >= 11 is 0. The van der Waals surface area contributed by atoms with Crippen molar-refractivity contribution in [1.82, 2.24) is 13.7 Å². The van der Waals surface area contributed by atoms with E-state index in [1.165, 1.54) is 121 Å². The summed E-state index contributed by atoms with van der Waals surface area (Å²) in [6, 6.07) is 91.2. The van der Waals surface area contributed by atoms with Gasteiger partial charge in [0, 0.05) is 180 Å². The Kier molecular flexibility index (Phi) is 28.8. The van der Waals surface area contributed by atoms with Crippen molar-refractivity contribution in [2.75, 3.05) is 106 Å². The summed E-state index contributed by atoms with van der Waals surface area (Å²) in [6.45, 7) is 11.0. The lowest BCUT2D eigenvalue weighted by molar-refractivity contribution is 0.687. The summed E-state index contributed by atoms with van der Waals surface area (Å²) in [5, 5.41) is 7.43. The van der Waals surface area contributed by atoms with Crippen LogP contribution in [0.5, 0.6) is 0 Å². The summed E-state index contributed by atoms with van der Waals surface area (Å²) in [5.41, 5.74) is 108. The molecule has 0 aliphatic carbocycles. The average Bonchev–Trinajstić information content (AvgIpc) is 1.61. The Morgan fingerprint density at radius 3 is 0.775 bits per heavy atom. The van der Waals surface area contributed by atoms with Crippen LogP contribution >= 0.6 is 0 Å². The Morgan fingerprint density at radius 1 is 0.250 bits per heavy atom. The average molecular weight is 1600 g/mol. The number of aryl methyl sites for hydroxylation is 5. The summed E-state index contributed by atoms with van der Waals surface area (Å²) < 4.78 is 7.23. The van der Waals surface area contributed by atoms with Crippen LogP contribution in [0.1, 0.15) is 43.2 Å². The molecule has 15 rings (SSSR count). The van der Waals surface area contributed by atoms with Crippen molar-refractivity contribution >= 4 is 106 Å². The van der Waals surface area contributed by atoms with E-state index < -0.39 is 0 Å². The zero-order chi connectivity index (χ0) is 84.0. The van der Waals surface area contributed by atoms with Crippen LogP contribution in [0.15, 0.2) is 270 Å². The Morgan fingerprint density at radius 2 is 0.500 bits per heavy atom. The first-order valence-corrected chi connectivity index (χ1v) is 41.7. The highest BCUT2D eigenvalue weighted by atomic mass is 15.1. The second kappa shape index (κ2) is 40.8. The van der Waals surface area contributed by atoms with Gasteiger partial charge in [0.15, 0.2) is 17.9 Å². The van der Waals surface area contributed by atoms with Gasteiger partial charge in [0.2, 0.25) is 0 Å². The smallest absolute Gasteiger partial charge is 0.185 e. The Bertz CT molecular complexity index is 5740. The van der Waals surface area contributed by atoms with E-state index in [-0.39, 0.29) is 17.9 Å². The summed E-state index contributed by atoms with van der Waals surface area (Å²) in [4.78, 5) is 17.0. The van der Waals surface area contributed by atoms with Gasteiger partial charge in [-0.25, -0.2) is 0 Å². The second-order valence-electron chi connectivity index (χ2n) is 30.5. The largest absolute Gasteiger partial charge is 0.399 e. The predicted molar refractivity (Wildman–Crippen MR) is 511 cm³/mol. The summed E-state index contributed by atoms with van der Waals surface area (Å²) in [5.74, 6) is 0.378. The highest BCUT2D eigenvalue weighted by molar-refractivity contribution is 6.12. The predicted octanol–water partition coefficient (Wildman–Crippen LogP) is 13.8. The van der Waals surface area contributed by atoms with Crippen molar-refractivity contribution < 1.29 is 0 Å². The van der Waals surface area contributed by atoms with Crippen LogP contribution in [0.3, 0.4) is 0 Å². The van der Waals surface area contributed by atoms with E-state index in [0.29, 0.717) is 58.9 Å². The van der Waals surface area contributed by atoms with Crippen molar-refractivity contribution in [3.05, 3.63) is 266 Å². The molecule has 0 atom stereocenters. The quantitative estimate of drug-likeness (QED) is 0.00771. The maximum atomic E-state index is 6.02. The molecule has 0 spiro atoms. The summed E-state index contributed by atoms with van der Waals surface area (Å²) in [7, 11) is 0. The van der Waals surface area contributed by atoms with Crippen LogP contribution in [-0.4, -0.2) is 117 Å². The molecule has 28 N–H and O–H groups in total. The number of hydrogen-bond acceptors (Lipinski definition) is 13. The number of benzene rings is 12. The molecule has 3 heterocycles. The van der Waals surface area contributed by atoms with Crippen molar-refractivity contribution in [3.8, 4) is 66.8 Å². The van der Waals surface area contributed by atoms with Gasteiger partial charge in [0.1, 0.15) is 0 Å². The molecule has 3 aromatic heterocycles. The fraction of sp³-hybridized carbons (Fsp3) is 0.235. The van der Waals surface area contributed by atoms with Crippen LogP contribution in [0.2, 0.25) is 0 Å². The van der Waals surface area contributed by atoms with E-state index in [9.17, 15) is 0 Å². The molecule has 0 radical (unpaired) electrons. The fourth-order valence-electron chi connectivity index (χ4n) is 16.4. The first-order chi connectivity index (χ1) is 58.5. The molecule has 0 saturated carbocycles. The summed E-state index contributed by atoms with van der Waals surface area (Å²) in [6.07, 6.45) is 6.20. The van der Waals surface area contributed by atoms with Crippen LogP contribution < -0.4 is 90.1 Å². The third-order valence-electron chi connectivity index (χ3n) is 22.1. The van der Waals surface area contributed by atoms with Gasteiger partial charge in [-0.15, -0.1) is 0 Å². The zero-order valence-corrected chi connectivity index (χ0v) is 68.7. The Labute approximate surface area is 703 Å². The van der Waals surface area contributed by atoms with Crippen molar-refractivity contribution in [2.45, 2.75) is 64.6 Å². The van der Waals surface area contributed by atoms with Gasteiger partial charge in [-0.3, -0.25) is 15.0 Å². The molecule has 0 saturated heterocycles. The lowest BCUT2D eigenvalue weighted by Crippen LogP contribution is -2.33. The molecule has 0 bridgehead atoms. The van der Waals surface area contributed by atoms with E-state index in [2.05, 4.69) is 257 Å². The molecular weight excluding hydrogens is 1490 g/mol. The molecule has 618 valence electrons. The molecule has 12 aromatic carbocycles. The van der Waals surface area contributed by atoms with E-state index in [1.54, 1.807) is 0 Å². The molecule has 0 amide bonds. The molecule has 0 unspecified atom stereocenters. The molecule has 120 heavy (non-hydrogen) atoms. The number of nitrogens with two attached hydrogens (primary N) is 14. The number of hydrogen-bond donors (Lipinski definition) is 14. The monoisotopic (exact) mass is 1600 g/mol. The van der Waals surface area contributed by atoms with E-state index in [0.717, 1.165) is 136 Å². The number of anilines is 4. The SMILES string of the molecule is NC(N)=NCCCc1cccc(-c2ccc3c4ccc(-c5cccc(CCCN=C(N)N)c5)cc4n(CCCN=C(N)N)c3c2)c1.NCCCn1c2cc(-c3cccc(N(CCN)CCN)c3)ccc2c2ccc(-c3cccc(N(CCN)CCN)c3)cc21.NCCCn1c2cc(-c3cccc(N)c3)ccc2c2ccc(-c3cccc(N)c3)cc21. The van der Waals surface area contributed by atoms with Crippen LogP contribution in [0.25, 0.3) is 132 Å². The molecule has 0 aliphatic rings. The normalized spacial score (nSPS) is 11.3. The highest BCUT2D eigenvalue weighted by Crippen LogP contribution is 2.41. The molecule has 0 fully saturated rings. The Balaban J connectivity index is 0.000000158. The fourth-order valence-corrected chi connectivity index (χ4v) is 16.4. The minimum atomic E-state index is 0.114. The third-order valence-corrected chi connectivity index (χ3v) is 22.1. The standard InChI is InChI=1S/C36H44N10.C35H46N8.C27H26N4/c37-34(38)43-16-3-8-24-6-1-10-26(20-24)28-12-14-30-31-15-13-29(27-11-2-7-25(21-27)9-4-17-44-35(39)40)23-33(31)46(32(30)22-28)19-5-18-45-36(41)42;36-12-3-17-43-34-24-28(26-4-1-6-30(22-26)41(18-13-37)19-14-38)8-10-32(34)33-11-9-29(25-35(33)43)27-5-2-7-31(23-27)42(20-15-39)21-16-40;28-12-3-13-31-26-16-20(18-4-1-6-22(29)14-18)8-10-24(26)25-11-9-21(17-27(25)31)19-5-2-7-23(30)15-19/h1-2,6-7,10-15,20-23H,3-5,8-9,16-19H2,(H4,37,38,43)(H4,39,40,44)(H4,41,42,45);1-2,4-11,22-25H,3,12-21,36-40H2;1-2,4-11,14-17H,3,12-13,28-30H2. The number of aliphatic imine (C=N–C) groups is 3. The number of guanidine groups is 3. The zero-order valence-electron chi connectivity index (χ0n) is 68.7. The highest BCUT2D eigenvalue weighted by Gasteiger charge is 2.20. The van der Waals surface area contributed by atoms with Crippen molar-refractivity contribution in [1.29, 1.82) is 0 Å². The van der Waals surface area contributed by atoms with Gasteiger partial charge in [0.05, 0.1) is 0 Å². The van der Waals surface area contributed by atoms with Crippen molar-refractivity contribution in [3.63, 3.8) is 0 Å². The van der Waals surface area contributed by atoms with Gasteiger partial charge in [-0.2, -0.15) is 0 Å². The maximum Gasteiger partial charge on any atom is 0.185 e. The number of nitrogens with zero attached hydrogens (tertiary/aromatic N) is 8. The van der Waals surface area contributed by atoms with Crippen LogP contribution in [-0.2, 0) is 32.5 Å². The van der Waals surface area contributed by atoms with Gasteiger partial charge in [0.25, 0.3) is 0 Å².